The van der Waals surface area contributed by atoms with Crippen LogP contribution < -0.4 is 15.8 Å². The summed E-state index contributed by atoms with van der Waals surface area (Å²) in [6.45, 7) is 0. The second kappa shape index (κ2) is 6.64. The van der Waals surface area contributed by atoms with E-state index in [0.29, 0.717) is 11.4 Å². The highest BCUT2D eigenvalue weighted by molar-refractivity contribution is 7.89. The third-order valence-corrected chi connectivity index (χ3v) is 5.33. The molecule has 6 nitrogen and oxygen atoms in total. The van der Waals surface area contributed by atoms with Gasteiger partial charge in [-0.3, -0.25) is 0 Å². The van der Waals surface area contributed by atoms with Crippen LogP contribution in [0.3, 0.4) is 0 Å². The van der Waals surface area contributed by atoms with E-state index in [1.807, 2.05) is 0 Å². The fraction of sp³-hybridized carbons (Fsp3) is 0.571. The molecule has 2 atom stereocenters. The Balaban J connectivity index is 2.17. The zero-order chi connectivity index (χ0) is 15.5. The van der Waals surface area contributed by atoms with Gasteiger partial charge in [-0.15, -0.1) is 0 Å². The first-order valence-corrected chi connectivity index (χ1v) is 8.70. The lowest BCUT2D eigenvalue weighted by Gasteiger charge is -2.24. The molecule has 0 spiro atoms. The van der Waals surface area contributed by atoms with E-state index in [1.54, 1.807) is 6.07 Å². The summed E-state index contributed by atoms with van der Waals surface area (Å²) in [6, 6.07) is 4.55. The van der Waals surface area contributed by atoms with Crippen molar-refractivity contribution in [2.75, 3.05) is 18.1 Å². The van der Waals surface area contributed by atoms with Crippen LogP contribution in [0.2, 0.25) is 0 Å². The lowest BCUT2D eigenvalue weighted by atomic mass is 10.1. The van der Waals surface area contributed by atoms with Gasteiger partial charge in [-0.2, -0.15) is 0 Å². The summed E-state index contributed by atoms with van der Waals surface area (Å²) in [4.78, 5) is 0.134. The van der Waals surface area contributed by atoms with Crippen molar-refractivity contribution in [2.45, 2.75) is 49.1 Å². The molecule has 1 fully saturated rings. The van der Waals surface area contributed by atoms with Crippen molar-refractivity contribution >= 4 is 21.4 Å². The number of benzene rings is 1. The molecule has 0 aliphatic heterocycles. The molecule has 0 bridgehead atoms. The van der Waals surface area contributed by atoms with Gasteiger partial charge in [0, 0.05) is 0 Å². The molecule has 2 rings (SSSR count). The predicted molar refractivity (Wildman–Crippen MR) is 83.6 cm³/mol. The van der Waals surface area contributed by atoms with Gasteiger partial charge in [-0.25, -0.2) is 13.1 Å². The molecular formula is C14H23N3O3S. The zero-order valence-electron chi connectivity index (χ0n) is 12.2. The van der Waals surface area contributed by atoms with E-state index in [9.17, 15) is 13.5 Å². The first kappa shape index (κ1) is 16.1. The van der Waals surface area contributed by atoms with Crippen LogP contribution >= 0.6 is 0 Å². The Morgan fingerprint density at radius 1 is 1.24 bits per heavy atom. The summed E-state index contributed by atoms with van der Waals surface area (Å²) in [5.41, 5.74) is 6.96. The number of sulfonamides is 1. The predicted octanol–water partition coefficient (Wildman–Crippen LogP) is 1.28. The van der Waals surface area contributed by atoms with E-state index >= 15 is 0 Å². The third-order valence-electron chi connectivity index (χ3n) is 3.92. The van der Waals surface area contributed by atoms with E-state index in [0.717, 1.165) is 32.1 Å². The van der Waals surface area contributed by atoms with Crippen molar-refractivity contribution in [1.29, 1.82) is 0 Å². The Labute approximate surface area is 125 Å². The second-order valence-electron chi connectivity index (χ2n) is 5.41. The molecule has 0 heterocycles. The number of aliphatic hydroxyl groups excluding tert-OH is 1. The lowest BCUT2D eigenvalue weighted by Crippen LogP contribution is -2.32. The largest absolute Gasteiger partial charge is 0.397 e. The second-order valence-corrected chi connectivity index (χ2v) is 7.30. The Morgan fingerprint density at radius 2 is 1.95 bits per heavy atom. The van der Waals surface area contributed by atoms with Crippen LogP contribution in [-0.4, -0.2) is 32.7 Å². The normalized spacial score (nSPS) is 23.5. The van der Waals surface area contributed by atoms with E-state index in [1.165, 1.54) is 19.2 Å². The summed E-state index contributed by atoms with van der Waals surface area (Å²) in [6.07, 6.45) is 4.51. The van der Waals surface area contributed by atoms with Gasteiger partial charge in [0.2, 0.25) is 10.0 Å². The molecule has 21 heavy (non-hydrogen) atoms. The molecule has 1 aromatic rings. The minimum absolute atomic E-state index is 0.0402. The van der Waals surface area contributed by atoms with Gasteiger partial charge in [0.25, 0.3) is 0 Å². The molecule has 7 heteroatoms. The van der Waals surface area contributed by atoms with Gasteiger partial charge in [0.1, 0.15) is 0 Å². The van der Waals surface area contributed by atoms with Gasteiger partial charge in [0.15, 0.2) is 0 Å². The first-order valence-electron chi connectivity index (χ1n) is 7.21. The van der Waals surface area contributed by atoms with Crippen LogP contribution in [0.5, 0.6) is 0 Å². The van der Waals surface area contributed by atoms with Crippen molar-refractivity contribution in [3.63, 3.8) is 0 Å². The van der Waals surface area contributed by atoms with Gasteiger partial charge in [-0.05, 0) is 38.1 Å². The molecular weight excluding hydrogens is 290 g/mol. The Hall–Kier alpha value is -1.31. The number of nitrogen functional groups attached to an aromatic ring is 1. The highest BCUT2D eigenvalue weighted by Gasteiger charge is 2.22. The fourth-order valence-corrected chi connectivity index (χ4v) is 3.38. The molecule has 1 aliphatic carbocycles. The molecule has 118 valence electrons. The number of anilines is 2. The highest BCUT2D eigenvalue weighted by Crippen LogP contribution is 2.27. The molecule has 0 saturated heterocycles. The van der Waals surface area contributed by atoms with E-state index < -0.39 is 16.1 Å². The van der Waals surface area contributed by atoms with Crippen LogP contribution in [0.15, 0.2) is 23.1 Å². The average molecular weight is 313 g/mol. The molecule has 1 saturated carbocycles. The number of nitrogens with two attached hydrogens (primary N) is 1. The van der Waals surface area contributed by atoms with Gasteiger partial charge in [0.05, 0.1) is 28.4 Å². The van der Waals surface area contributed by atoms with Crippen molar-refractivity contribution < 1.29 is 13.5 Å². The van der Waals surface area contributed by atoms with E-state index in [2.05, 4.69) is 10.0 Å². The molecule has 0 amide bonds. The van der Waals surface area contributed by atoms with E-state index in [4.69, 9.17) is 5.73 Å². The molecule has 1 aromatic carbocycles. The standard InChI is InChI=1S/C14H23N3O3S/c1-16-21(19,20)10-7-8-12(11(15)9-10)17-13-5-3-2-4-6-14(13)18/h7-9,13-14,16-18H,2-6,15H2,1H3. The van der Waals surface area contributed by atoms with Crippen LogP contribution in [0, 0.1) is 0 Å². The molecule has 0 radical (unpaired) electrons. The number of hydrogen-bond donors (Lipinski definition) is 4. The molecule has 1 aliphatic rings. The maximum atomic E-state index is 11.7. The monoisotopic (exact) mass is 313 g/mol. The number of nitrogens with one attached hydrogen (secondary N) is 2. The van der Waals surface area contributed by atoms with Crippen molar-refractivity contribution in [3.8, 4) is 0 Å². The maximum Gasteiger partial charge on any atom is 0.240 e. The van der Waals surface area contributed by atoms with Crippen LogP contribution in [0.1, 0.15) is 32.1 Å². The van der Waals surface area contributed by atoms with Crippen molar-refractivity contribution in [2.24, 2.45) is 0 Å². The quantitative estimate of drug-likeness (QED) is 0.495. The zero-order valence-corrected chi connectivity index (χ0v) is 13.0. The Bertz CT molecular complexity index is 589. The van der Waals surface area contributed by atoms with Crippen molar-refractivity contribution in [3.05, 3.63) is 18.2 Å². The summed E-state index contributed by atoms with van der Waals surface area (Å²) in [5, 5.41) is 13.4. The lowest BCUT2D eigenvalue weighted by molar-refractivity contribution is 0.144. The number of rotatable bonds is 4. The fourth-order valence-electron chi connectivity index (χ4n) is 2.61. The van der Waals surface area contributed by atoms with Crippen LogP contribution in [0.4, 0.5) is 11.4 Å². The highest BCUT2D eigenvalue weighted by atomic mass is 32.2. The minimum atomic E-state index is -3.49. The van der Waals surface area contributed by atoms with Gasteiger partial charge < -0.3 is 16.2 Å². The van der Waals surface area contributed by atoms with Crippen LogP contribution in [-0.2, 0) is 10.0 Å². The summed E-state index contributed by atoms with van der Waals surface area (Å²) >= 11 is 0. The summed E-state index contributed by atoms with van der Waals surface area (Å²) in [5.74, 6) is 0. The summed E-state index contributed by atoms with van der Waals surface area (Å²) in [7, 11) is -2.13. The van der Waals surface area contributed by atoms with Gasteiger partial charge >= 0.3 is 0 Å². The maximum absolute atomic E-state index is 11.7. The molecule has 2 unspecified atom stereocenters. The third kappa shape index (κ3) is 3.87. The number of aliphatic hydroxyl groups is 1. The summed E-state index contributed by atoms with van der Waals surface area (Å²) < 4.78 is 25.7. The van der Waals surface area contributed by atoms with Crippen molar-refractivity contribution in [1.82, 2.24) is 4.72 Å². The molecule has 0 aromatic heterocycles. The SMILES string of the molecule is CNS(=O)(=O)c1ccc(NC2CCCCCC2O)c(N)c1. The Kier molecular flexibility index (Phi) is 5.08. The van der Waals surface area contributed by atoms with Crippen LogP contribution in [0.25, 0.3) is 0 Å². The average Bonchev–Trinajstić information content (AvgIpc) is 2.66. The minimum Gasteiger partial charge on any atom is -0.397 e. The Morgan fingerprint density at radius 3 is 2.62 bits per heavy atom. The van der Waals surface area contributed by atoms with Gasteiger partial charge in [-0.1, -0.05) is 19.3 Å². The molecule has 5 N–H and O–H groups in total. The smallest absolute Gasteiger partial charge is 0.240 e. The number of hydrogen-bond acceptors (Lipinski definition) is 5. The topological polar surface area (TPSA) is 104 Å². The van der Waals surface area contributed by atoms with E-state index in [-0.39, 0.29) is 10.9 Å². The first-order chi connectivity index (χ1) is 9.94.